The monoisotopic (exact) mass is 760 g/mol. The summed E-state index contributed by atoms with van der Waals surface area (Å²) in [5.41, 5.74) is 0.823. The number of hydrogen-bond donors (Lipinski definition) is 1. The van der Waals surface area contributed by atoms with Gasteiger partial charge in [-0.05, 0) is 211 Å². The Balaban J connectivity index is 1.26. The van der Waals surface area contributed by atoms with Gasteiger partial charge in [0, 0.05) is 30.2 Å². The van der Waals surface area contributed by atoms with E-state index in [0.29, 0.717) is 17.0 Å². The van der Waals surface area contributed by atoms with Crippen molar-refractivity contribution in [1.82, 2.24) is 15.1 Å². The van der Waals surface area contributed by atoms with Crippen molar-refractivity contribution < 1.29 is 0 Å². The van der Waals surface area contributed by atoms with Crippen molar-refractivity contribution in [2.24, 2.45) is 75.9 Å². The van der Waals surface area contributed by atoms with Crippen molar-refractivity contribution in [3.05, 3.63) is 0 Å². The highest BCUT2D eigenvalue weighted by molar-refractivity contribution is 5.13. The molecule has 11 atom stereocenters. The van der Waals surface area contributed by atoms with Crippen LogP contribution in [0.1, 0.15) is 210 Å². The number of rotatable bonds is 6. The van der Waals surface area contributed by atoms with Crippen molar-refractivity contribution in [1.29, 1.82) is 0 Å². The van der Waals surface area contributed by atoms with E-state index in [2.05, 4.69) is 77.4 Å². The molecule has 1 aliphatic heterocycles. The lowest BCUT2D eigenvalue weighted by Gasteiger charge is -2.67. The highest BCUT2D eigenvalue weighted by atomic mass is 15.3. The lowest BCUT2D eigenvalue weighted by molar-refractivity contribution is -0.174. The molecule has 0 spiro atoms. The smallest absolute Gasteiger partial charge is 0.0633 e. The Labute approximate surface area is 342 Å². The summed E-state index contributed by atoms with van der Waals surface area (Å²) < 4.78 is 0. The van der Waals surface area contributed by atoms with E-state index in [1.807, 2.05) is 0 Å². The second-order valence-corrected chi connectivity index (χ2v) is 24.9. The molecule has 55 heavy (non-hydrogen) atoms. The fourth-order valence-corrected chi connectivity index (χ4v) is 16.2. The number of nitrogens with one attached hydrogen (secondary N) is 1. The highest BCUT2D eigenvalue weighted by Gasteiger charge is 2.61. The SMILES string of the molecule is CC1CCC(N(C2CCC(C)CC2)C2C3CC(C(C)(C)C)CCC3C(N(C3CCC(C)CC3)C3NCCC4CCCCC43)C3CC(C(C)(C)C)CCC32)CC1. The standard InChI is InChI=1S/C52H93N3/c1-34-14-22-40(23-15-34)54(41-24-16-35(2)17-25-41)48-44-28-20-39(52(7,8)9)33-47(44)49(45-29-21-38(32-46(45)48)51(4,5)6)55(42-26-18-36(3)19-27-42)50-43-13-11-10-12-37(43)30-31-53-50/h34-50,53H,10-33H2,1-9H3. The van der Waals surface area contributed by atoms with Crippen LogP contribution in [0.4, 0.5) is 0 Å². The van der Waals surface area contributed by atoms with E-state index in [1.54, 1.807) is 0 Å². The molecule has 0 aromatic heterocycles. The van der Waals surface area contributed by atoms with E-state index in [-0.39, 0.29) is 0 Å². The van der Waals surface area contributed by atoms with Gasteiger partial charge in [0.25, 0.3) is 0 Å². The predicted molar refractivity (Wildman–Crippen MR) is 235 cm³/mol. The van der Waals surface area contributed by atoms with Crippen LogP contribution in [-0.2, 0) is 0 Å². The molecule has 1 N–H and O–H groups in total. The number of fused-ring (bicyclic) bond motifs is 3. The summed E-state index contributed by atoms with van der Waals surface area (Å²) in [7, 11) is 0. The van der Waals surface area contributed by atoms with Gasteiger partial charge in [0.05, 0.1) is 6.17 Å². The zero-order valence-electron chi connectivity index (χ0n) is 38.2. The van der Waals surface area contributed by atoms with E-state index in [4.69, 9.17) is 0 Å². The largest absolute Gasteiger partial charge is 0.301 e. The zero-order valence-corrected chi connectivity index (χ0v) is 38.2. The van der Waals surface area contributed by atoms with Gasteiger partial charge in [-0.2, -0.15) is 0 Å². The Morgan fingerprint density at radius 1 is 0.400 bits per heavy atom. The van der Waals surface area contributed by atoms with E-state index in [9.17, 15) is 0 Å². The summed E-state index contributed by atoms with van der Waals surface area (Å²) in [6.07, 6.45) is 34.7. The van der Waals surface area contributed by atoms with Gasteiger partial charge < -0.3 is 5.32 Å². The van der Waals surface area contributed by atoms with E-state index < -0.39 is 0 Å². The van der Waals surface area contributed by atoms with Gasteiger partial charge in [-0.15, -0.1) is 0 Å². The third-order valence-electron chi connectivity index (χ3n) is 19.6. The van der Waals surface area contributed by atoms with Crippen LogP contribution < -0.4 is 5.32 Å². The average Bonchev–Trinajstić information content (AvgIpc) is 3.16. The topological polar surface area (TPSA) is 18.5 Å². The molecule has 0 aromatic rings. The molecule has 7 saturated carbocycles. The second kappa shape index (κ2) is 17.1. The predicted octanol–water partition coefficient (Wildman–Crippen LogP) is 13.4. The third kappa shape index (κ3) is 8.73. The molecule has 1 heterocycles. The Hall–Kier alpha value is -0.120. The lowest BCUT2D eigenvalue weighted by Crippen LogP contribution is -2.72. The van der Waals surface area contributed by atoms with Gasteiger partial charge in [-0.25, -0.2) is 0 Å². The summed E-state index contributed by atoms with van der Waals surface area (Å²) in [6.45, 7) is 24.7. The molecular weight excluding hydrogens is 667 g/mol. The van der Waals surface area contributed by atoms with Crippen LogP contribution in [0.2, 0.25) is 0 Å². The van der Waals surface area contributed by atoms with Gasteiger partial charge in [-0.1, -0.05) is 81.6 Å². The minimum atomic E-state index is 0.410. The number of piperidine rings is 1. The molecule has 7 aliphatic carbocycles. The summed E-state index contributed by atoms with van der Waals surface area (Å²) >= 11 is 0. The maximum absolute atomic E-state index is 4.45. The molecule has 1 saturated heterocycles. The normalized spacial score (nSPS) is 47.5. The second-order valence-electron chi connectivity index (χ2n) is 24.9. The van der Waals surface area contributed by atoms with E-state index in [1.165, 1.54) is 154 Å². The molecule has 11 unspecified atom stereocenters. The fourth-order valence-electron chi connectivity index (χ4n) is 16.2. The number of nitrogens with zero attached hydrogens (tertiary/aromatic N) is 2. The fraction of sp³-hybridized carbons (Fsp3) is 1.00. The third-order valence-corrected chi connectivity index (χ3v) is 19.6. The van der Waals surface area contributed by atoms with Crippen molar-refractivity contribution in [2.45, 2.75) is 246 Å². The highest BCUT2D eigenvalue weighted by Crippen LogP contribution is 2.61. The molecule has 3 heteroatoms. The van der Waals surface area contributed by atoms with Gasteiger partial charge in [0.15, 0.2) is 0 Å². The number of hydrogen-bond acceptors (Lipinski definition) is 3. The van der Waals surface area contributed by atoms with Crippen LogP contribution in [0.3, 0.4) is 0 Å². The van der Waals surface area contributed by atoms with Crippen molar-refractivity contribution in [3.63, 3.8) is 0 Å². The van der Waals surface area contributed by atoms with E-state index >= 15 is 0 Å². The van der Waals surface area contributed by atoms with Gasteiger partial charge in [0.1, 0.15) is 0 Å². The molecule has 8 rings (SSSR count). The van der Waals surface area contributed by atoms with E-state index in [0.717, 1.165) is 95.3 Å². The maximum Gasteiger partial charge on any atom is 0.0633 e. The first-order chi connectivity index (χ1) is 26.3. The average molecular weight is 760 g/mol. The summed E-state index contributed by atoms with van der Waals surface area (Å²) in [5, 5.41) is 4.45. The van der Waals surface area contributed by atoms with Crippen LogP contribution in [0, 0.1) is 75.9 Å². The summed E-state index contributed by atoms with van der Waals surface area (Å²) in [6, 6.07) is 4.08. The first-order valence-corrected chi connectivity index (χ1v) is 25.6. The Kier molecular flexibility index (Phi) is 12.9. The Bertz CT molecular complexity index is 1180. The molecular formula is C52H93N3. The first-order valence-electron chi connectivity index (χ1n) is 25.6. The molecule has 0 bridgehead atoms. The molecule has 8 aliphatic rings. The molecule has 316 valence electrons. The molecule has 0 amide bonds. The van der Waals surface area contributed by atoms with Crippen molar-refractivity contribution >= 4 is 0 Å². The summed E-state index contributed by atoms with van der Waals surface area (Å²) in [5.74, 6) is 9.89. The molecule has 8 fully saturated rings. The molecule has 0 aromatic carbocycles. The van der Waals surface area contributed by atoms with Crippen molar-refractivity contribution in [3.8, 4) is 0 Å². The van der Waals surface area contributed by atoms with Gasteiger partial charge in [0.2, 0.25) is 0 Å². The van der Waals surface area contributed by atoms with Crippen LogP contribution in [0.25, 0.3) is 0 Å². The maximum atomic E-state index is 4.45. The zero-order chi connectivity index (χ0) is 38.6. The minimum Gasteiger partial charge on any atom is -0.301 e. The van der Waals surface area contributed by atoms with Crippen LogP contribution in [0.15, 0.2) is 0 Å². The van der Waals surface area contributed by atoms with Crippen LogP contribution in [-0.4, -0.2) is 52.7 Å². The molecule has 3 nitrogen and oxygen atoms in total. The first kappa shape index (κ1) is 41.6. The van der Waals surface area contributed by atoms with Crippen molar-refractivity contribution in [2.75, 3.05) is 6.54 Å². The van der Waals surface area contributed by atoms with Gasteiger partial charge in [-0.3, -0.25) is 9.80 Å². The quantitative estimate of drug-likeness (QED) is 0.291. The lowest BCUT2D eigenvalue weighted by atomic mass is 9.49. The Morgan fingerprint density at radius 2 is 0.818 bits per heavy atom. The van der Waals surface area contributed by atoms with Crippen LogP contribution in [0.5, 0.6) is 0 Å². The van der Waals surface area contributed by atoms with Crippen LogP contribution >= 0.6 is 0 Å². The van der Waals surface area contributed by atoms with Gasteiger partial charge >= 0.3 is 0 Å². The minimum absolute atomic E-state index is 0.410. The Morgan fingerprint density at radius 3 is 1.27 bits per heavy atom. The molecule has 0 radical (unpaired) electrons. The summed E-state index contributed by atoms with van der Waals surface area (Å²) in [4.78, 5) is 6.95.